The van der Waals surface area contributed by atoms with E-state index in [2.05, 4.69) is 31.1 Å². The SMILES string of the molecule is COc1ccc(C(=O)N2CCN(C(=O)NCc3csc(C(C)(C)C)n3)CC2)c(OC)c1. The van der Waals surface area contributed by atoms with Crippen molar-refractivity contribution in [3.8, 4) is 11.5 Å². The van der Waals surface area contributed by atoms with Crippen molar-refractivity contribution in [1.82, 2.24) is 20.1 Å². The summed E-state index contributed by atoms with van der Waals surface area (Å²) in [6, 6.07) is 5.00. The van der Waals surface area contributed by atoms with Crippen LogP contribution < -0.4 is 14.8 Å². The predicted molar refractivity (Wildman–Crippen MR) is 120 cm³/mol. The number of methoxy groups -OCH3 is 2. The van der Waals surface area contributed by atoms with Crippen LogP contribution in [0.3, 0.4) is 0 Å². The number of thiazole rings is 1. The lowest BCUT2D eigenvalue weighted by atomic mass is 9.98. The van der Waals surface area contributed by atoms with Crippen molar-refractivity contribution in [3.63, 3.8) is 0 Å². The summed E-state index contributed by atoms with van der Waals surface area (Å²) in [5.74, 6) is 0.990. The summed E-state index contributed by atoms with van der Waals surface area (Å²) in [5.41, 5.74) is 1.35. The number of aromatic nitrogens is 1. The van der Waals surface area contributed by atoms with E-state index in [0.717, 1.165) is 10.7 Å². The smallest absolute Gasteiger partial charge is 0.317 e. The van der Waals surface area contributed by atoms with Crippen LogP contribution in [-0.4, -0.2) is 67.1 Å². The van der Waals surface area contributed by atoms with Crippen LogP contribution in [0.1, 0.15) is 41.8 Å². The lowest BCUT2D eigenvalue weighted by Gasteiger charge is -2.35. The molecule has 0 bridgehead atoms. The molecule has 1 aliphatic rings. The molecule has 0 saturated carbocycles. The lowest BCUT2D eigenvalue weighted by molar-refractivity contribution is 0.0661. The molecule has 3 rings (SSSR count). The van der Waals surface area contributed by atoms with Gasteiger partial charge in [-0.25, -0.2) is 9.78 Å². The zero-order valence-electron chi connectivity index (χ0n) is 18.7. The third-order valence-electron chi connectivity index (χ3n) is 5.11. The highest BCUT2D eigenvalue weighted by atomic mass is 32.1. The minimum atomic E-state index is -0.139. The fourth-order valence-electron chi connectivity index (χ4n) is 3.27. The van der Waals surface area contributed by atoms with Crippen LogP contribution in [0.5, 0.6) is 11.5 Å². The maximum atomic E-state index is 12.9. The molecule has 3 amide bonds. The minimum absolute atomic E-state index is 0.00234. The van der Waals surface area contributed by atoms with E-state index in [1.165, 1.54) is 7.11 Å². The van der Waals surface area contributed by atoms with Gasteiger partial charge in [-0.05, 0) is 12.1 Å². The van der Waals surface area contributed by atoms with E-state index in [-0.39, 0.29) is 17.4 Å². The number of nitrogens with one attached hydrogen (secondary N) is 1. The van der Waals surface area contributed by atoms with Gasteiger partial charge in [-0.1, -0.05) is 20.8 Å². The molecular formula is C22H30N4O4S. The highest BCUT2D eigenvalue weighted by Gasteiger charge is 2.27. The van der Waals surface area contributed by atoms with Gasteiger partial charge in [0.15, 0.2) is 0 Å². The monoisotopic (exact) mass is 446 g/mol. The summed E-state index contributed by atoms with van der Waals surface area (Å²) in [6.45, 7) is 8.64. The number of benzene rings is 1. The Morgan fingerprint density at radius 2 is 1.77 bits per heavy atom. The number of ether oxygens (including phenoxy) is 2. The normalized spacial score (nSPS) is 14.4. The van der Waals surface area contributed by atoms with Crippen molar-refractivity contribution < 1.29 is 19.1 Å². The first-order chi connectivity index (χ1) is 14.7. The Morgan fingerprint density at radius 3 is 2.35 bits per heavy atom. The molecule has 1 aromatic carbocycles. The minimum Gasteiger partial charge on any atom is -0.497 e. The number of carbonyl (C=O) groups is 2. The third kappa shape index (κ3) is 5.46. The predicted octanol–water partition coefficient (Wildman–Crippen LogP) is 3.13. The molecule has 1 aromatic heterocycles. The Morgan fingerprint density at radius 1 is 1.10 bits per heavy atom. The number of nitrogens with zero attached hydrogens (tertiary/aromatic N) is 3. The van der Waals surface area contributed by atoms with Crippen LogP contribution in [-0.2, 0) is 12.0 Å². The first kappa shape index (κ1) is 22.9. The van der Waals surface area contributed by atoms with Crippen LogP contribution in [0.25, 0.3) is 0 Å². The quantitative estimate of drug-likeness (QED) is 0.763. The Kier molecular flexibility index (Phi) is 7.04. The molecule has 0 aliphatic carbocycles. The fourth-order valence-corrected chi connectivity index (χ4v) is 4.18. The fraction of sp³-hybridized carbons (Fsp3) is 0.500. The van der Waals surface area contributed by atoms with Gasteiger partial charge in [0.05, 0.1) is 37.0 Å². The van der Waals surface area contributed by atoms with Crippen molar-refractivity contribution in [1.29, 1.82) is 0 Å². The lowest BCUT2D eigenvalue weighted by Crippen LogP contribution is -2.53. The van der Waals surface area contributed by atoms with E-state index in [1.807, 2.05) is 5.38 Å². The van der Waals surface area contributed by atoms with E-state index < -0.39 is 0 Å². The molecule has 1 fully saturated rings. The van der Waals surface area contributed by atoms with E-state index in [1.54, 1.807) is 46.4 Å². The van der Waals surface area contributed by atoms with E-state index in [9.17, 15) is 9.59 Å². The Balaban J connectivity index is 1.52. The topological polar surface area (TPSA) is 84.0 Å². The Bertz CT molecular complexity index is 930. The second-order valence-electron chi connectivity index (χ2n) is 8.40. The van der Waals surface area contributed by atoms with Gasteiger partial charge in [0.2, 0.25) is 0 Å². The second kappa shape index (κ2) is 9.55. The molecule has 0 radical (unpaired) electrons. The second-order valence-corrected chi connectivity index (χ2v) is 9.26. The summed E-state index contributed by atoms with van der Waals surface area (Å²) in [7, 11) is 3.10. The maximum Gasteiger partial charge on any atom is 0.317 e. The van der Waals surface area contributed by atoms with Gasteiger partial charge in [-0.2, -0.15) is 0 Å². The number of hydrogen-bond donors (Lipinski definition) is 1. The molecule has 0 atom stereocenters. The number of amides is 3. The molecule has 0 spiro atoms. The van der Waals surface area contributed by atoms with Crippen LogP contribution in [0.4, 0.5) is 4.79 Å². The average molecular weight is 447 g/mol. The molecule has 31 heavy (non-hydrogen) atoms. The van der Waals surface area contributed by atoms with Gasteiger partial charge in [0, 0.05) is 43.0 Å². The van der Waals surface area contributed by atoms with Crippen LogP contribution in [0, 0.1) is 0 Å². The average Bonchev–Trinajstić information content (AvgIpc) is 3.26. The zero-order chi connectivity index (χ0) is 22.6. The molecule has 1 N–H and O–H groups in total. The highest BCUT2D eigenvalue weighted by Crippen LogP contribution is 2.27. The summed E-state index contributed by atoms with van der Waals surface area (Å²) < 4.78 is 10.5. The van der Waals surface area contributed by atoms with Gasteiger partial charge >= 0.3 is 6.03 Å². The summed E-state index contributed by atoms with van der Waals surface area (Å²) in [4.78, 5) is 33.6. The van der Waals surface area contributed by atoms with Gasteiger partial charge in [-0.3, -0.25) is 4.79 Å². The summed E-state index contributed by atoms with van der Waals surface area (Å²) in [6.07, 6.45) is 0. The maximum absolute atomic E-state index is 12.9. The number of urea groups is 1. The molecular weight excluding hydrogens is 416 g/mol. The number of hydrogen-bond acceptors (Lipinski definition) is 6. The Hall–Kier alpha value is -2.81. The van der Waals surface area contributed by atoms with Crippen molar-refractivity contribution in [3.05, 3.63) is 39.8 Å². The third-order valence-corrected chi connectivity index (χ3v) is 6.42. The van der Waals surface area contributed by atoms with E-state index >= 15 is 0 Å². The zero-order valence-corrected chi connectivity index (χ0v) is 19.5. The molecule has 0 unspecified atom stereocenters. The van der Waals surface area contributed by atoms with Crippen molar-refractivity contribution in [2.75, 3.05) is 40.4 Å². The first-order valence-corrected chi connectivity index (χ1v) is 11.1. The van der Waals surface area contributed by atoms with Crippen LogP contribution >= 0.6 is 11.3 Å². The van der Waals surface area contributed by atoms with E-state index in [4.69, 9.17) is 9.47 Å². The van der Waals surface area contributed by atoms with Crippen molar-refractivity contribution >= 4 is 23.3 Å². The molecule has 168 valence electrons. The van der Waals surface area contributed by atoms with Gasteiger partial charge in [0.1, 0.15) is 11.5 Å². The molecule has 1 saturated heterocycles. The molecule has 1 aliphatic heterocycles. The van der Waals surface area contributed by atoms with Crippen LogP contribution in [0.15, 0.2) is 23.6 Å². The largest absolute Gasteiger partial charge is 0.497 e. The molecule has 2 heterocycles. The standard InChI is InChI=1S/C22H30N4O4S/c1-22(2,3)20-24-15(14-31-20)13-23-21(28)26-10-8-25(9-11-26)19(27)17-7-6-16(29-4)12-18(17)30-5/h6-7,12,14H,8-11,13H2,1-5H3,(H,23,28). The Labute approximate surface area is 187 Å². The van der Waals surface area contributed by atoms with Crippen molar-refractivity contribution in [2.24, 2.45) is 0 Å². The van der Waals surface area contributed by atoms with Gasteiger partial charge in [-0.15, -0.1) is 11.3 Å². The number of piperazine rings is 1. The van der Waals surface area contributed by atoms with Gasteiger partial charge < -0.3 is 24.6 Å². The number of carbonyl (C=O) groups excluding carboxylic acids is 2. The van der Waals surface area contributed by atoms with Crippen LogP contribution in [0.2, 0.25) is 0 Å². The van der Waals surface area contributed by atoms with Gasteiger partial charge in [0.25, 0.3) is 5.91 Å². The first-order valence-electron chi connectivity index (χ1n) is 10.2. The van der Waals surface area contributed by atoms with Crippen molar-refractivity contribution in [2.45, 2.75) is 32.7 Å². The summed E-state index contributed by atoms with van der Waals surface area (Å²) in [5, 5.41) is 5.97. The molecule has 2 aromatic rings. The summed E-state index contributed by atoms with van der Waals surface area (Å²) >= 11 is 1.61. The van der Waals surface area contributed by atoms with E-state index in [0.29, 0.717) is 49.8 Å². The molecule has 8 nitrogen and oxygen atoms in total. The molecule has 9 heteroatoms. The highest BCUT2D eigenvalue weighted by molar-refractivity contribution is 7.09. The number of rotatable bonds is 5.